The van der Waals surface area contributed by atoms with E-state index in [0.717, 1.165) is 19.3 Å². The van der Waals surface area contributed by atoms with Crippen LogP contribution in [0, 0.1) is 11.3 Å². The van der Waals surface area contributed by atoms with Gasteiger partial charge in [-0.3, -0.25) is 4.79 Å². The summed E-state index contributed by atoms with van der Waals surface area (Å²) in [7, 11) is 0. The van der Waals surface area contributed by atoms with Crippen LogP contribution in [0.5, 0.6) is 5.75 Å². The minimum Gasteiger partial charge on any atom is -0.452 e. The van der Waals surface area contributed by atoms with Crippen molar-refractivity contribution in [2.45, 2.75) is 44.3 Å². The monoisotopic (exact) mass is 352 g/mol. The molecule has 1 fully saturated rings. The molecule has 1 N–H and O–H groups in total. The lowest BCUT2D eigenvalue weighted by Gasteiger charge is -2.31. The van der Waals surface area contributed by atoms with Crippen molar-refractivity contribution in [3.63, 3.8) is 0 Å². The first-order chi connectivity index (χ1) is 12.0. The number of rotatable bonds is 6. The molecule has 1 aliphatic carbocycles. The van der Waals surface area contributed by atoms with Gasteiger partial charge in [0.1, 0.15) is 16.9 Å². The van der Waals surface area contributed by atoms with Crippen LogP contribution in [0.3, 0.4) is 0 Å². The number of nitriles is 1. The summed E-state index contributed by atoms with van der Waals surface area (Å²) in [4.78, 5) is 24.0. The second-order valence-electron chi connectivity index (χ2n) is 5.75. The molecule has 134 valence electrons. The molecule has 0 saturated heterocycles. The summed E-state index contributed by atoms with van der Waals surface area (Å²) >= 11 is 0. The summed E-state index contributed by atoms with van der Waals surface area (Å²) in [6.07, 6.45) is 3.79. The van der Waals surface area contributed by atoms with Gasteiger partial charge >= 0.3 is 12.6 Å². The minimum atomic E-state index is -3.08. The molecule has 6 nitrogen and oxygen atoms in total. The number of para-hydroxylation sites is 1. The molecule has 1 amide bonds. The number of alkyl halides is 2. The van der Waals surface area contributed by atoms with Crippen molar-refractivity contribution in [1.82, 2.24) is 5.32 Å². The van der Waals surface area contributed by atoms with Crippen molar-refractivity contribution in [2.24, 2.45) is 0 Å². The first-order valence-corrected chi connectivity index (χ1v) is 7.89. The van der Waals surface area contributed by atoms with Crippen LogP contribution in [0.15, 0.2) is 24.3 Å². The Hall–Kier alpha value is -2.69. The number of nitrogens with zero attached hydrogens (tertiary/aromatic N) is 1. The molecule has 0 spiro atoms. The number of carbonyl (C=O) groups excluding carboxylic acids is 2. The molecule has 0 bridgehead atoms. The summed E-state index contributed by atoms with van der Waals surface area (Å²) in [5, 5.41) is 11.9. The zero-order valence-electron chi connectivity index (χ0n) is 13.5. The Morgan fingerprint density at radius 1 is 1.24 bits per heavy atom. The predicted molar refractivity (Wildman–Crippen MR) is 82.9 cm³/mol. The van der Waals surface area contributed by atoms with Crippen LogP contribution in [0.1, 0.15) is 42.5 Å². The van der Waals surface area contributed by atoms with Crippen LogP contribution >= 0.6 is 0 Å². The highest BCUT2D eigenvalue weighted by Crippen LogP contribution is 2.27. The minimum absolute atomic E-state index is 0.205. The fourth-order valence-corrected chi connectivity index (χ4v) is 2.77. The number of ether oxygens (including phenoxy) is 2. The Balaban J connectivity index is 1.94. The number of halogens is 2. The molecule has 0 atom stereocenters. The Labute approximate surface area is 143 Å². The second-order valence-corrected chi connectivity index (χ2v) is 5.75. The molecular weight excluding hydrogens is 334 g/mol. The maximum atomic E-state index is 12.4. The standard InChI is InChI=1S/C17H18F2N2O4/c18-16(19)25-13-7-3-2-6-12(13)15(23)24-10-14(22)21-17(11-20)8-4-1-5-9-17/h2-3,6-7,16H,1,4-5,8-10H2,(H,21,22). The Kier molecular flexibility index (Phi) is 6.28. The van der Waals surface area contributed by atoms with E-state index in [4.69, 9.17) is 4.74 Å². The molecule has 1 aliphatic rings. The molecular formula is C17H18F2N2O4. The number of nitrogens with one attached hydrogen (secondary N) is 1. The van der Waals surface area contributed by atoms with Crippen LogP contribution in [-0.2, 0) is 9.53 Å². The lowest BCUT2D eigenvalue weighted by atomic mass is 9.83. The molecule has 25 heavy (non-hydrogen) atoms. The van der Waals surface area contributed by atoms with Gasteiger partial charge in [0.25, 0.3) is 5.91 Å². The van der Waals surface area contributed by atoms with Crippen molar-refractivity contribution in [1.29, 1.82) is 5.26 Å². The van der Waals surface area contributed by atoms with E-state index in [0.29, 0.717) is 12.8 Å². The largest absolute Gasteiger partial charge is 0.452 e. The van der Waals surface area contributed by atoms with Gasteiger partial charge in [0.2, 0.25) is 0 Å². The van der Waals surface area contributed by atoms with Crippen molar-refractivity contribution in [3.05, 3.63) is 29.8 Å². The van der Waals surface area contributed by atoms with Gasteiger partial charge in [-0.1, -0.05) is 31.4 Å². The third-order valence-corrected chi connectivity index (χ3v) is 3.96. The molecule has 2 rings (SSSR count). The summed E-state index contributed by atoms with van der Waals surface area (Å²) in [5.41, 5.74) is -1.14. The number of benzene rings is 1. The highest BCUT2D eigenvalue weighted by molar-refractivity contribution is 5.94. The van der Waals surface area contributed by atoms with Gasteiger partial charge < -0.3 is 14.8 Å². The summed E-state index contributed by atoms with van der Waals surface area (Å²) in [5.74, 6) is -1.89. The van der Waals surface area contributed by atoms with E-state index < -0.39 is 30.6 Å². The van der Waals surface area contributed by atoms with E-state index >= 15 is 0 Å². The summed E-state index contributed by atoms with van der Waals surface area (Å²) in [6.45, 7) is -3.69. The number of carbonyl (C=O) groups is 2. The predicted octanol–water partition coefficient (Wildman–Crippen LogP) is 2.79. The fourth-order valence-electron chi connectivity index (χ4n) is 2.77. The van der Waals surface area contributed by atoms with Gasteiger partial charge in [0.05, 0.1) is 6.07 Å². The van der Waals surface area contributed by atoms with Gasteiger partial charge in [-0.05, 0) is 25.0 Å². The van der Waals surface area contributed by atoms with Crippen molar-refractivity contribution in [2.75, 3.05) is 6.61 Å². The molecule has 0 aliphatic heterocycles. The Morgan fingerprint density at radius 3 is 2.56 bits per heavy atom. The number of hydrogen-bond donors (Lipinski definition) is 1. The average molecular weight is 352 g/mol. The Bertz CT molecular complexity index is 667. The zero-order valence-corrected chi connectivity index (χ0v) is 13.5. The quantitative estimate of drug-likeness (QED) is 0.795. The molecule has 1 saturated carbocycles. The summed E-state index contributed by atoms with van der Waals surface area (Å²) in [6, 6.07) is 7.48. The highest BCUT2D eigenvalue weighted by atomic mass is 19.3. The highest BCUT2D eigenvalue weighted by Gasteiger charge is 2.33. The molecule has 1 aromatic rings. The first-order valence-electron chi connectivity index (χ1n) is 7.89. The normalized spacial score (nSPS) is 15.9. The van der Waals surface area contributed by atoms with Gasteiger partial charge in [-0.15, -0.1) is 0 Å². The lowest BCUT2D eigenvalue weighted by molar-refractivity contribution is -0.126. The smallest absolute Gasteiger partial charge is 0.387 e. The van der Waals surface area contributed by atoms with Crippen LogP contribution in [0.25, 0.3) is 0 Å². The maximum absolute atomic E-state index is 12.4. The van der Waals surface area contributed by atoms with Gasteiger partial charge in [-0.25, -0.2) is 4.79 Å². The van der Waals surface area contributed by atoms with Crippen LogP contribution in [-0.4, -0.2) is 30.6 Å². The maximum Gasteiger partial charge on any atom is 0.387 e. The molecule has 0 unspecified atom stereocenters. The first kappa shape index (κ1) is 18.6. The van der Waals surface area contributed by atoms with Crippen LogP contribution < -0.4 is 10.1 Å². The SMILES string of the molecule is N#CC1(NC(=O)COC(=O)c2ccccc2OC(F)F)CCCCC1. The van der Waals surface area contributed by atoms with Crippen LogP contribution in [0.4, 0.5) is 8.78 Å². The second kappa shape index (κ2) is 8.42. The van der Waals surface area contributed by atoms with E-state index in [-0.39, 0.29) is 11.3 Å². The number of esters is 1. The third-order valence-electron chi connectivity index (χ3n) is 3.96. The van der Waals surface area contributed by atoms with E-state index in [9.17, 15) is 23.6 Å². The third kappa shape index (κ3) is 5.14. The van der Waals surface area contributed by atoms with Gasteiger partial charge in [0, 0.05) is 0 Å². The summed E-state index contributed by atoms with van der Waals surface area (Å²) < 4.78 is 33.8. The average Bonchev–Trinajstić information content (AvgIpc) is 2.60. The number of amides is 1. The zero-order chi connectivity index (χ0) is 18.3. The van der Waals surface area contributed by atoms with E-state index in [2.05, 4.69) is 16.1 Å². The molecule has 8 heteroatoms. The van der Waals surface area contributed by atoms with E-state index in [1.165, 1.54) is 24.3 Å². The van der Waals surface area contributed by atoms with Gasteiger partial charge in [-0.2, -0.15) is 14.0 Å². The fraction of sp³-hybridized carbons (Fsp3) is 0.471. The molecule has 0 aromatic heterocycles. The Morgan fingerprint density at radius 2 is 1.92 bits per heavy atom. The number of hydrogen-bond acceptors (Lipinski definition) is 5. The van der Waals surface area contributed by atoms with Crippen molar-refractivity contribution < 1.29 is 27.8 Å². The lowest BCUT2D eigenvalue weighted by Crippen LogP contribution is -2.50. The van der Waals surface area contributed by atoms with E-state index in [1.807, 2.05) is 0 Å². The van der Waals surface area contributed by atoms with Crippen molar-refractivity contribution >= 4 is 11.9 Å². The topological polar surface area (TPSA) is 88.4 Å². The molecule has 1 aromatic carbocycles. The van der Waals surface area contributed by atoms with Gasteiger partial charge in [0.15, 0.2) is 6.61 Å². The van der Waals surface area contributed by atoms with E-state index in [1.54, 1.807) is 0 Å². The van der Waals surface area contributed by atoms with Crippen molar-refractivity contribution in [3.8, 4) is 11.8 Å². The van der Waals surface area contributed by atoms with Crippen LogP contribution in [0.2, 0.25) is 0 Å². The molecule has 0 heterocycles. The molecule has 0 radical (unpaired) electrons.